The second-order valence-electron chi connectivity index (χ2n) is 4.50. The van der Waals surface area contributed by atoms with Crippen LogP contribution in [0, 0.1) is 6.92 Å². The van der Waals surface area contributed by atoms with Gasteiger partial charge in [-0.05, 0) is 19.1 Å². The Labute approximate surface area is 121 Å². The van der Waals surface area contributed by atoms with Gasteiger partial charge in [-0.3, -0.25) is 9.78 Å². The largest absolute Gasteiger partial charge is 0.349 e. The van der Waals surface area contributed by atoms with E-state index in [1.807, 2.05) is 23.6 Å². The fraction of sp³-hybridized carbons (Fsp3) is 0.214. The van der Waals surface area contributed by atoms with Crippen molar-refractivity contribution >= 4 is 17.1 Å². The number of fused-ring (bicyclic) bond motifs is 1. The van der Waals surface area contributed by atoms with Crippen molar-refractivity contribution in [1.29, 1.82) is 0 Å². The molecular formula is C14H14N6O. The van der Waals surface area contributed by atoms with Gasteiger partial charge in [0.1, 0.15) is 17.0 Å². The van der Waals surface area contributed by atoms with Crippen LogP contribution in [0.5, 0.6) is 0 Å². The van der Waals surface area contributed by atoms with E-state index in [1.54, 1.807) is 6.20 Å². The molecule has 0 aliphatic carbocycles. The Morgan fingerprint density at radius 3 is 3.00 bits per heavy atom. The molecule has 0 saturated heterocycles. The van der Waals surface area contributed by atoms with Crippen molar-refractivity contribution in [3.05, 3.63) is 48.4 Å². The van der Waals surface area contributed by atoms with E-state index in [1.165, 1.54) is 18.6 Å². The highest BCUT2D eigenvalue weighted by Crippen LogP contribution is 2.12. The first kappa shape index (κ1) is 13.2. The molecule has 0 radical (unpaired) electrons. The molecule has 1 amide bonds. The van der Waals surface area contributed by atoms with E-state index in [4.69, 9.17) is 0 Å². The van der Waals surface area contributed by atoms with Crippen molar-refractivity contribution in [2.24, 2.45) is 0 Å². The van der Waals surface area contributed by atoms with Crippen LogP contribution in [0.1, 0.15) is 16.3 Å². The van der Waals surface area contributed by atoms with Gasteiger partial charge in [0.25, 0.3) is 5.91 Å². The van der Waals surface area contributed by atoms with E-state index in [2.05, 4.69) is 25.3 Å². The maximum atomic E-state index is 11.9. The molecule has 1 N–H and O–H groups in total. The maximum Gasteiger partial charge on any atom is 0.271 e. The number of hydrogen-bond donors (Lipinski definition) is 1. The van der Waals surface area contributed by atoms with E-state index >= 15 is 0 Å². The van der Waals surface area contributed by atoms with E-state index < -0.39 is 0 Å². The SMILES string of the molecule is Cc1nc2cccnc2n1CCNC(=O)c1cnccn1. The summed E-state index contributed by atoms with van der Waals surface area (Å²) < 4.78 is 1.98. The molecule has 7 heteroatoms. The number of pyridine rings is 1. The van der Waals surface area contributed by atoms with Crippen LogP contribution in [0.15, 0.2) is 36.9 Å². The summed E-state index contributed by atoms with van der Waals surface area (Å²) in [6.45, 7) is 3.00. The summed E-state index contributed by atoms with van der Waals surface area (Å²) >= 11 is 0. The standard InChI is InChI=1S/C14H14N6O/c1-10-19-11-3-2-4-17-13(11)20(10)8-7-18-14(21)12-9-15-5-6-16-12/h2-6,9H,7-8H2,1H3,(H,18,21). The van der Waals surface area contributed by atoms with Crippen LogP contribution in [0.25, 0.3) is 11.2 Å². The number of aromatic nitrogens is 5. The molecule has 0 aromatic carbocycles. The van der Waals surface area contributed by atoms with Gasteiger partial charge >= 0.3 is 0 Å². The zero-order valence-corrected chi connectivity index (χ0v) is 11.5. The van der Waals surface area contributed by atoms with Gasteiger partial charge in [-0.1, -0.05) is 0 Å². The Balaban J connectivity index is 1.67. The molecule has 0 atom stereocenters. The van der Waals surface area contributed by atoms with Crippen molar-refractivity contribution in [3.63, 3.8) is 0 Å². The van der Waals surface area contributed by atoms with Crippen molar-refractivity contribution in [2.45, 2.75) is 13.5 Å². The lowest BCUT2D eigenvalue weighted by atomic mass is 10.4. The first-order chi connectivity index (χ1) is 10.3. The number of carbonyl (C=O) groups is 1. The zero-order chi connectivity index (χ0) is 14.7. The van der Waals surface area contributed by atoms with Crippen LogP contribution in [0.3, 0.4) is 0 Å². The fourth-order valence-corrected chi connectivity index (χ4v) is 2.13. The summed E-state index contributed by atoms with van der Waals surface area (Å²) in [7, 11) is 0. The maximum absolute atomic E-state index is 11.9. The monoisotopic (exact) mass is 282 g/mol. The summed E-state index contributed by atoms with van der Waals surface area (Å²) in [6.07, 6.45) is 6.20. The normalized spacial score (nSPS) is 10.7. The highest BCUT2D eigenvalue weighted by molar-refractivity contribution is 5.91. The average molecular weight is 282 g/mol. The molecule has 0 aliphatic rings. The number of nitrogens with zero attached hydrogens (tertiary/aromatic N) is 5. The molecule has 0 unspecified atom stereocenters. The molecule has 3 aromatic heterocycles. The molecule has 3 heterocycles. The van der Waals surface area contributed by atoms with Crippen LogP contribution in [0.4, 0.5) is 0 Å². The summed E-state index contributed by atoms with van der Waals surface area (Å²) in [5, 5.41) is 2.81. The lowest BCUT2D eigenvalue weighted by Gasteiger charge is -2.07. The van der Waals surface area contributed by atoms with E-state index in [9.17, 15) is 4.79 Å². The number of hydrogen-bond acceptors (Lipinski definition) is 5. The minimum absolute atomic E-state index is 0.238. The Kier molecular flexibility index (Phi) is 3.55. The minimum Gasteiger partial charge on any atom is -0.349 e. The van der Waals surface area contributed by atoms with Crippen molar-refractivity contribution in [1.82, 2.24) is 29.8 Å². The summed E-state index contributed by atoms with van der Waals surface area (Å²) in [5.74, 6) is 0.635. The lowest BCUT2D eigenvalue weighted by molar-refractivity contribution is 0.0947. The van der Waals surface area contributed by atoms with Crippen molar-refractivity contribution in [2.75, 3.05) is 6.54 Å². The first-order valence-corrected chi connectivity index (χ1v) is 6.58. The minimum atomic E-state index is -0.238. The van der Waals surface area contributed by atoms with Crippen LogP contribution in [-0.4, -0.2) is 37.0 Å². The number of nitrogens with one attached hydrogen (secondary N) is 1. The first-order valence-electron chi connectivity index (χ1n) is 6.58. The molecule has 3 rings (SSSR count). The number of carbonyl (C=O) groups excluding carboxylic acids is 1. The van der Waals surface area contributed by atoms with Gasteiger partial charge in [0.05, 0.1) is 6.20 Å². The number of aryl methyl sites for hydroxylation is 1. The van der Waals surface area contributed by atoms with Gasteiger partial charge in [-0.25, -0.2) is 15.0 Å². The number of imidazole rings is 1. The van der Waals surface area contributed by atoms with Gasteiger partial charge in [0.2, 0.25) is 0 Å². The fourth-order valence-electron chi connectivity index (χ4n) is 2.13. The van der Waals surface area contributed by atoms with Crippen LogP contribution >= 0.6 is 0 Å². The van der Waals surface area contributed by atoms with Crippen LogP contribution < -0.4 is 5.32 Å². The molecule has 106 valence electrons. The van der Waals surface area contributed by atoms with Gasteiger partial charge in [-0.15, -0.1) is 0 Å². The molecule has 7 nitrogen and oxygen atoms in total. The second kappa shape index (κ2) is 5.66. The summed E-state index contributed by atoms with van der Waals surface area (Å²) in [5.41, 5.74) is 1.99. The average Bonchev–Trinajstić information content (AvgIpc) is 2.84. The molecule has 0 aliphatic heterocycles. The third-order valence-electron chi connectivity index (χ3n) is 3.11. The van der Waals surface area contributed by atoms with E-state index in [-0.39, 0.29) is 5.91 Å². The highest BCUT2D eigenvalue weighted by atomic mass is 16.1. The number of rotatable bonds is 4. The number of amides is 1. The molecular weight excluding hydrogens is 268 g/mol. The third-order valence-corrected chi connectivity index (χ3v) is 3.11. The van der Waals surface area contributed by atoms with Gasteiger partial charge in [0, 0.05) is 31.7 Å². The highest BCUT2D eigenvalue weighted by Gasteiger charge is 2.09. The van der Waals surface area contributed by atoms with Gasteiger partial charge < -0.3 is 9.88 Å². The Hall–Kier alpha value is -2.83. The van der Waals surface area contributed by atoms with Crippen molar-refractivity contribution < 1.29 is 4.79 Å². The smallest absolute Gasteiger partial charge is 0.271 e. The Morgan fingerprint density at radius 2 is 2.19 bits per heavy atom. The van der Waals surface area contributed by atoms with E-state index in [0.29, 0.717) is 18.8 Å². The zero-order valence-electron chi connectivity index (χ0n) is 11.5. The quantitative estimate of drug-likeness (QED) is 0.770. The third kappa shape index (κ3) is 2.71. The molecule has 0 bridgehead atoms. The Bertz CT molecular complexity index is 767. The predicted molar refractivity (Wildman–Crippen MR) is 76.6 cm³/mol. The lowest BCUT2D eigenvalue weighted by Crippen LogP contribution is -2.28. The molecule has 0 saturated carbocycles. The summed E-state index contributed by atoms with van der Waals surface area (Å²) in [4.78, 5) is 28.5. The van der Waals surface area contributed by atoms with Crippen LogP contribution in [-0.2, 0) is 6.54 Å². The molecule has 0 spiro atoms. The van der Waals surface area contributed by atoms with E-state index in [0.717, 1.165) is 17.0 Å². The Morgan fingerprint density at radius 1 is 1.29 bits per heavy atom. The molecule has 21 heavy (non-hydrogen) atoms. The van der Waals surface area contributed by atoms with Gasteiger partial charge in [0.15, 0.2) is 5.65 Å². The topological polar surface area (TPSA) is 85.6 Å². The van der Waals surface area contributed by atoms with Gasteiger partial charge in [-0.2, -0.15) is 0 Å². The second-order valence-corrected chi connectivity index (χ2v) is 4.50. The van der Waals surface area contributed by atoms with Crippen molar-refractivity contribution in [3.8, 4) is 0 Å². The molecule has 0 fully saturated rings. The van der Waals surface area contributed by atoms with Crippen LogP contribution in [0.2, 0.25) is 0 Å². The molecule has 3 aromatic rings. The summed E-state index contributed by atoms with van der Waals surface area (Å²) in [6, 6.07) is 3.78. The predicted octanol–water partition coefficient (Wildman–Crippen LogP) is 0.960.